The second-order valence-electron chi connectivity index (χ2n) is 5.60. The molecule has 0 heterocycles. The summed E-state index contributed by atoms with van der Waals surface area (Å²) in [4.78, 5) is 13.3. The number of ether oxygens (including phenoxy) is 1. The van der Waals surface area contributed by atoms with Crippen molar-refractivity contribution in [3.05, 3.63) is 0 Å². The minimum Gasteiger partial charge on any atom is -0.444 e. The van der Waals surface area contributed by atoms with Crippen LogP contribution in [0.1, 0.15) is 40.5 Å². The zero-order chi connectivity index (χ0) is 11.9. The van der Waals surface area contributed by atoms with Crippen molar-refractivity contribution in [2.24, 2.45) is 0 Å². The van der Waals surface area contributed by atoms with Gasteiger partial charge in [-0.15, -0.1) is 0 Å². The highest BCUT2D eigenvalue weighted by Gasteiger charge is 2.45. The van der Waals surface area contributed by atoms with Crippen LogP contribution in [0.25, 0.3) is 0 Å². The first-order chi connectivity index (χ1) is 6.64. The van der Waals surface area contributed by atoms with Crippen molar-refractivity contribution in [2.45, 2.75) is 57.8 Å². The number of amides is 1. The highest BCUT2D eigenvalue weighted by atomic mass is 16.6. The van der Waals surface area contributed by atoms with E-state index in [-0.39, 0.29) is 17.7 Å². The van der Waals surface area contributed by atoms with Crippen LogP contribution >= 0.6 is 0 Å². The molecule has 1 saturated carbocycles. The third-order valence-electron chi connectivity index (χ3n) is 2.83. The van der Waals surface area contributed by atoms with Gasteiger partial charge in [-0.25, -0.2) is 4.79 Å². The molecule has 1 fully saturated rings. The Morgan fingerprint density at radius 1 is 1.47 bits per heavy atom. The summed E-state index contributed by atoms with van der Waals surface area (Å²) in [5.74, 6) is 0. The number of carbonyl (C=O) groups is 1. The fourth-order valence-corrected chi connectivity index (χ4v) is 1.78. The van der Waals surface area contributed by atoms with E-state index in [9.17, 15) is 9.90 Å². The molecule has 0 atom stereocenters. The highest BCUT2D eigenvalue weighted by molar-refractivity contribution is 5.69. The molecular formula is C11H21NO3. The summed E-state index contributed by atoms with van der Waals surface area (Å²) in [5, 5.41) is 9.27. The monoisotopic (exact) mass is 215 g/mol. The van der Waals surface area contributed by atoms with Crippen LogP contribution in [0.2, 0.25) is 0 Å². The van der Waals surface area contributed by atoms with Crippen molar-refractivity contribution in [2.75, 3.05) is 7.05 Å². The van der Waals surface area contributed by atoms with E-state index in [4.69, 9.17) is 4.74 Å². The normalized spacial score (nSPS) is 30.7. The maximum atomic E-state index is 11.7. The van der Waals surface area contributed by atoms with Crippen molar-refractivity contribution in [1.29, 1.82) is 0 Å². The third-order valence-corrected chi connectivity index (χ3v) is 2.83. The van der Waals surface area contributed by atoms with Crippen LogP contribution in [-0.4, -0.2) is 40.4 Å². The topological polar surface area (TPSA) is 49.8 Å². The molecule has 0 aliphatic heterocycles. The van der Waals surface area contributed by atoms with Crippen molar-refractivity contribution >= 4 is 6.09 Å². The number of rotatable bonds is 1. The van der Waals surface area contributed by atoms with Crippen LogP contribution in [0.5, 0.6) is 0 Å². The molecule has 0 bridgehead atoms. The molecule has 0 aromatic rings. The molecule has 1 N–H and O–H groups in total. The SMILES string of the molecule is CN(C(=O)OC(C)(C)C)[C@]1(C)C[C@@H](O)C1. The number of nitrogens with zero attached hydrogens (tertiary/aromatic N) is 1. The summed E-state index contributed by atoms with van der Waals surface area (Å²) >= 11 is 0. The van der Waals surface area contributed by atoms with Crippen molar-refractivity contribution < 1.29 is 14.6 Å². The Balaban J connectivity index is 2.54. The van der Waals surface area contributed by atoms with E-state index in [1.165, 1.54) is 0 Å². The van der Waals surface area contributed by atoms with E-state index in [2.05, 4.69) is 0 Å². The smallest absolute Gasteiger partial charge is 0.410 e. The average Bonchev–Trinajstić information content (AvgIpc) is 1.97. The summed E-state index contributed by atoms with van der Waals surface area (Å²) in [6.07, 6.45) is 0.655. The first kappa shape index (κ1) is 12.3. The van der Waals surface area contributed by atoms with Gasteiger partial charge in [0.15, 0.2) is 0 Å². The zero-order valence-electron chi connectivity index (χ0n) is 10.2. The van der Waals surface area contributed by atoms with Gasteiger partial charge in [0.2, 0.25) is 0 Å². The van der Waals surface area contributed by atoms with Gasteiger partial charge >= 0.3 is 6.09 Å². The Kier molecular flexibility index (Phi) is 3.01. The number of hydrogen-bond donors (Lipinski definition) is 1. The van der Waals surface area contributed by atoms with Gasteiger partial charge in [-0.1, -0.05) is 0 Å². The molecule has 0 unspecified atom stereocenters. The van der Waals surface area contributed by atoms with Gasteiger partial charge in [0.05, 0.1) is 6.10 Å². The van der Waals surface area contributed by atoms with E-state index in [1.54, 1.807) is 11.9 Å². The van der Waals surface area contributed by atoms with E-state index < -0.39 is 5.60 Å². The van der Waals surface area contributed by atoms with Crippen molar-refractivity contribution in [3.63, 3.8) is 0 Å². The number of carbonyl (C=O) groups excluding carboxylic acids is 1. The molecular weight excluding hydrogens is 194 g/mol. The maximum absolute atomic E-state index is 11.7. The van der Waals surface area contributed by atoms with E-state index >= 15 is 0 Å². The molecule has 0 radical (unpaired) electrons. The zero-order valence-corrected chi connectivity index (χ0v) is 10.2. The fourth-order valence-electron chi connectivity index (χ4n) is 1.78. The summed E-state index contributed by atoms with van der Waals surface area (Å²) in [7, 11) is 1.72. The summed E-state index contributed by atoms with van der Waals surface area (Å²) in [5.41, 5.74) is -0.716. The van der Waals surface area contributed by atoms with Crippen LogP contribution in [0.4, 0.5) is 4.79 Å². The Labute approximate surface area is 91.2 Å². The Bertz CT molecular complexity index is 251. The molecule has 1 amide bonds. The van der Waals surface area contributed by atoms with Gasteiger partial charge in [-0.3, -0.25) is 0 Å². The Morgan fingerprint density at radius 2 is 1.93 bits per heavy atom. The number of hydrogen-bond acceptors (Lipinski definition) is 3. The lowest BCUT2D eigenvalue weighted by atomic mass is 9.75. The van der Waals surface area contributed by atoms with Crippen LogP contribution in [-0.2, 0) is 4.74 Å². The molecule has 0 saturated heterocycles. The number of aliphatic hydroxyl groups excluding tert-OH is 1. The van der Waals surface area contributed by atoms with Gasteiger partial charge in [0.1, 0.15) is 5.60 Å². The predicted octanol–water partition coefficient (Wildman–Crippen LogP) is 1.77. The van der Waals surface area contributed by atoms with Crippen LogP contribution in [0.3, 0.4) is 0 Å². The molecule has 15 heavy (non-hydrogen) atoms. The molecule has 1 rings (SSSR count). The largest absolute Gasteiger partial charge is 0.444 e. The van der Waals surface area contributed by atoms with E-state index in [1.807, 2.05) is 27.7 Å². The maximum Gasteiger partial charge on any atom is 0.410 e. The van der Waals surface area contributed by atoms with E-state index in [0.29, 0.717) is 12.8 Å². The van der Waals surface area contributed by atoms with Crippen molar-refractivity contribution in [1.82, 2.24) is 4.90 Å². The summed E-state index contributed by atoms with van der Waals surface area (Å²) in [6.45, 7) is 7.49. The van der Waals surface area contributed by atoms with Gasteiger partial charge in [0.25, 0.3) is 0 Å². The van der Waals surface area contributed by atoms with Gasteiger partial charge in [-0.05, 0) is 40.5 Å². The highest BCUT2D eigenvalue weighted by Crippen LogP contribution is 2.37. The van der Waals surface area contributed by atoms with Gasteiger partial charge in [-0.2, -0.15) is 0 Å². The standard InChI is InChI=1S/C11H21NO3/c1-10(2,3)15-9(14)12(5)11(4)6-8(13)7-11/h8,13H,6-7H2,1-5H3/t8-,11-. The Hall–Kier alpha value is -0.770. The van der Waals surface area contributed by atoms with Crippen LogP contribution in [0.15, 0.2) is 0 Å². The molecule has 0 aromatic carbocycles. The van der Waals surface area contributed by atoms with Crippen LogP contribution in [0, 0.1) is 0 Å². The molecule has 4 heteroatoms. The predicted molar refractivity (Wildman–Crippen MR) is 57.6 cm³/mol. The fraction of sp³-hybridized carbons (Fsp3) is 0.909. The third kappa shape index (κ3) is 2.84. The summed E-state index contributed by atoms with van der Waals surface area (Å²) < 4.78 is 5.26. The lowest BCUT2D eigenvalue weighted by molar-refractivity contribution is -0.0603. The van der Waals surface area contributed by atoms with Gasteiger partial charge < -0.3 is 14.7 Å². The lowest BCUT2D eigenvalue weighted by Crippen LogP contribution is -2.58. The Morgan fingerprint density at radius 3 is 2.27 bits per heavy atom. The van der Waals surface area contributed by atoms with Crippen molar-refractivity contribution in [3.8, 4) is 0 Å². The summed E-state index contributed by atoms with van der Waals surface area (Å²) in [6, 6.07) is 0. The first-order valence-electron chi connectivity index (χ1n) is 5.29. The molecule has 88 valence electrons. The second-order valence-corrected chi connectivity index (χ2v) is 5.60. The quantitative estimate of drug-likeness (QED) is 0.725. The minimum atomic E-state index is -0.468. The van der Waals surface area contributed by atoms with Gasteiger partial charge in [0, 0.05) is 12.6 Å². The molecule has 1 aliphatic carbocycles. The molecule has 0 spiro atoms. The molecule has 1 aliphatic rings. The molecule has 4 nitrogen and oxygen atoms in total. The lowest BCUT2D eigenvalue weighted by Gasteiger charge is -2.48. The average molecular weight is 215 g/mol. The number of aliphatic hydroxyl groups is 1. The molecule has 0 aromatic heterocycles. The first-order valence-corrected chi connectivity index (χ1v) is 5.29. The minimum absolute atomic E-state index is 0.248. The second kappa shape index (κ2) is 3.67. The van der Waals surface area contributed by atoms with E-state index in [0.717, 1.165) is 0 Å². The van der Waals surface area contributed by atoms with Crippen LogP contribution < -0.4 is 0 Å².